The molecule has 0 aromatic heterocycles. The molecule has 0 bridgehead atoms. The lowest BCUT2D eigenvalue weighted by atomic mass is 10.2. The largest absolute Gasteiger partial charge is 0.353 e. The smallest absolute Gasteiger partial charge is 0.243 e. The van der Waals surface area contributed by atoms with E-state index < -0.39 is 0 Å². The van der Waals surface area contributed by atoms with Crippen molar-refractivity contribution < 1.29 is 4.79 Å². The van der Waals surface area contributed by atoms with E-state index in [-0.39, 0.29) is 5.91 Å². The molecule has 0 fully saturated rings. The minimum absolute atomic E-state index is 0.0131. The number of unbranched alkanes of at least 4 members (excludes halogenated alkanes) is 2. The molecule has 0 aromatic rings. The maximum Gasteiger partial charge on any atom is 0.243 e. The molecule has 14 heavy (non-hydrogen) atoms. The molecule has 2 N–H and O–H groups in total. The van der Waals surface area contributed by atoms with E-state index in [1.165, 1.54) is 12.8 Å². The van der Waals surface area contributed by atoms with Crippen LogP contribution in [-0.2, 0) is 4.79 Å². The number of hydrogen-bond acceptors (Lipinski definition) is 2. The average Bonchev–Trinajstić information content (AvgIpc) is 2.17. The van der Waals surface area contributed by atoms with Crippen LogP contribution < -0.4 is 10.6 Å². The number of carbonyl (C=O) groups excluding carboxylic acids is 1. The van der Waals surface area contributed by atoms with Gasteiger partial charge in [0, 0.05) is 6.54 Å². The molecule has 0 radical (unpaired) electrons. The third-order valence-electron chi connectivity index (χ3n) is 1.90. The summed E-state index contributed by atoms with van der Waals surface area (Å²) in [6.07, 6.45) is 6.73. The molecule has 0 aromatic carbocycles. The second-order valence-corrected chi connectivity index (χ2v) is 3.21. The number of rotatable bonds is 8. The fourth-order valence-corrected chi connectivity index (χ4v) is 1.15. The Kier molecular flexibility index (Phi) is 9.64. The van der Waals surface area contributed by atoms with Crippen LogP contribution in [0, 0.1) is 0 Å². The molecular formula is C11H22N2O. The highest BCUT2D eigenvalue weighted by molar-refractivity contribution is 5.87. The molecule has 0 aliphatic rings. The van der Waals surface area contributed by atoms with E-state index in [4.69, 9.17) is 0 Å². The summed E-state index contributed by atoms with van der Waals surface area (Å²) in [5.74, 6) is 0.0131. The van der Waals surface area contributed by atoms with Crippen LogP contribution in [0.4, 0.5) is 0 Å². The summed E-state index contributed by atoms with van der Waals surface area (Å²) in [5, 5.41) is 6.10. The van der Waals surface area contributed by atoms with Crippen LogP contribution in [0.5, 0.6) is 0 Å². The molecule has 0 unspecified atom stereocenters. The van der Waals surface area contributed by atoms with Crippen LogP contribution >= 0.6 is 0 Å². The normalized spacial score (nSPS) is 10.7. The molecule has 3 nitrogen and oxygen atoms in total. The number of allylic oxidation sites excluding steroid dienone is 1. The highest BCUT2D eigenvalue weighted by Gasteiger charge is 1.93. The van der Waals surface area contributed by atoms with Crippen molar-refractivity contribution in [2.45, 2.75) is 33.1 Å². The maximum atomic E-state index is 11.0. The first kappa shape index (κ1) is 13.2. The molecule has 3 heteroatoms. The van der Waals surface area contributed by atoms with Crippen LogP contribution in [0.3, 0.4) is 0 Å². The third kappa shape index (κ3) is 9.26. The van der Waals surface area contributed by atoms with Crippen molar-refractivity contribution in [2.75, 3.05) is 19.6 Å². The van der Waals surface area contributed by atoms with E-state index in [9.17, 15) is 4.79 Å². The summed E-state index contributed by atoms with van der Waals surface area (Å²) in [6.45, 7) is 6.86. The van der Waals surface area contributed by atoms with Crippen LogP contribution in [0.1, 0.15) is 33.1 Å². The lowest BCUT2D eigenvalue weighted by Crippen LogP contribution is -2.22. The number of nitrogens with one attached hydrogen (secondary N) is 2. The standard InChI is InChI=1S/C11H22N2O/c1-3-8-11(14)13-10-7-5-6-9-12-4-2/h3,8,12H,4-7,9-10H2,1-2H3,(H,13,14). The Bertz CT molecular complexity index is 167. The van der Waals surface area contributed by atoms with Gasteiger partial charge in [-0.15, -0.1) is 0 Å². The van der Waals surface area contributed by atoms with Gasteiger partial charge in [-0.3, -0.25) is 4.79 Å². The van der Waals surface area contributed by atoms with Gasteiger partial charge in [-0.25, -0.2) is 0 Å². The van der Waals surface area contributed by atoms with Crippen molar-refractivity contribution in [3.05, 3.63) is 12.2 Å². The Labute approximate surface area is 87.0 Å². The second-order valence-electron chi connectivity index (χ2n) is 3.21. The predicted molar refractivity (Wildman–Crippen MR) is 60.2 cm³/mol. The SMILES string of the molecule is CC=CC(=O)NCCCCCNCC. The van der Waals surface area contributed by atoms with Crippen molar-refractivity contribution in [2.24, 2.45) is 0 Å². The predicted octanol–water partition coefficient (Wildman–Crippen LogP) is 1.46. The van der Waals surface area contributed by atoms with Crippen molar-refractivity contribution in [1.82, 2.24) is 10.6 Å². The summed E-state index contributed by atoms with van der Waals surface area (Å²) in [6, 6.07) is 0. The van der Waals surface area contributed by atoms with Gasteiger partial charge in [0.1, 0.15) is 0 Å². The topological polar surface area (TPSA) is 41.1 Å². The zero-order chi connectivity index (χ0) is 10.6. The van der Waals surface area contributed by atoms with Crippen LogP contribution in [-0.4, -0.2) is 25.5 Å². The number of hydrogen-bond donors (Lipinski definition) is 2. The zero-order valence-electron chi connectivity index (χ0n) is 9.31. The van der Waals surface area contributed by atoms with E-state index in [1.54, 1.807) is 12.2 Å². The Morgan fingerprint density at radius 2 is 1.93 bits per heavy atom. The molecule has 82 valence electrons. The molecular weight excluding hydrogens is 176 g/mol. The minimum atomic E-state index is 0.0131. The first-order valence-corrected chi connectivity index (χ1v) is 5.42. The fourth-order valence-electron chi connectivity index (χ4n) is 1.15. The molecule has 0 saturated carbocycles. The van der Waals surface area contributed by atoms with Gasteiger partial charge in [0.15, 0.2) is 0 Å². The van der Waals surface area contributed by atoms with Gasteiger partial charge >= 0.3 is 0 Å². The molecule has 1 amide bonds. The molecule has 0 atom stereocenters. The summed E-state index contributed by atoms with van der Waals surface area (Å²) in [5.41, 5.74) is 0. The van der Waals surface area contributed by atoms with E-state index in [2.05, 4.69) is 17.6 Å². The molecule has 0 heterocycles. The Morgan fingerprint density at radius 1 is 1.21 bits per heavy atom. The quantitative estimate of drug-likeness (QED) is 0.458. The van der Waals surface area contributed by atoms with E-state index >= 15 is 0 Å². The van der Waals surface area contributed by atoms with Gasteiger partial charge in [0.2, 0.25) is 5.91 Å². The highest BCUT2D eigenvalue weighted by atomic mass is 16.1. The summed E-state index contributed by atoms with van der Waals surface area (Å²) in [7, 11) is 0. The van der Waals surface area contributed by atoms with Gasteiger partial charge in [0.25, 0.3) is 0 Å². The average molecular weight is 198 g/mol. The molecule has 0 saturated heterocycles. The van der Waals surface area contributed by atoms with E-state index in [1.807, 2.05) is 6.92 Å². The summed E-state index contributed by atoms with van der Waals surface area (Å²) < 4.78 is 0. The summed E-state index contributed by atoms with van der Waals surface area (Å²) in [4.78, 5) is 11.0. The van der Waals surface area contributed by atoms with E-state index in [0.717, 1.165) is 26.1 Å². The Balaban J connectivity index is 3.09. The van der Waals surface area contributed by atoms with E-state index in [0.29, 0.717) is 0 Å². The first-order chi connectivity index (χ1) is 6.81. The van der Waals surface area contributed by atoms with Crippen LogP contribution in [0.25, 0.3) is 0 Å². The highest BCUT2D eigenvalue weighted by Crippen LogP contribution is 1.92. The summed E-state index contributed by atoms with van der Waals surface area (Å²) >= 11 is 0. The van der Waals surface area contributed by atoms with Crippen molar-refractivity contribution in [3.63, 3.8) is 0 Å². The number of amides is 1. The van der Waals surface area contributed by atoms with Gasteiger partial charge in [-0.05, 0) is 38.9 Å². The van der Waals surface area contributed by atoms with Crippen LogP contribution in [0.15, 0.2) is 12.2 Å². The second kappa shape index (κ2) is 10.3. The lowest BCUT2D eigenvalue weighted by Gasteiger charge is -2.02. The number of carbonyl (C=O) groups is 1. The first-order valence-electron chi connectivity index (χ1n) is 5.42. The molecule has 0 aliphatic carbocycles. The fraction of sp³-hybridized carbons (Fsp3) is 0.727. The van der Waals surface area contributed by atoms with Crippen molar-refractivity contribution >= 4 is 5.91 Å². The third-order valence-corrected chi connectivity index (χ3v) is 1.90. The van der Waals surface area contributed by atoms with Gasteiger partial charge in [-0.2, -0.15) is 0 Å². The van der Waals surface area contributed by atoms with Crippen molar-refractivity contribution in [3.8, 4) is 0 Å². The lowest BCUT2D eigenvalue weighted by molar-refractivity contribution is -0.116. The molecule has 0 spiro atoms. The Morgan fingerprint density at radius 3 is 2.57 bits per heavy atom. The molecule has 0 aliphatic heterocycles. The van der Waals surface area contributed by atoms with Crippen molar-refractivity contribution in [1.29, 1.82) is 0 Å². The Hall–Kier alpha value is -0.830. The van der Waals surface area contributed by atoms with Gasteiger partial charge in [-0.1, -0.05) is 19.4 Å². The van der Waals surface area contributed by atoms with Crippen LogP contribution in [0.2, 0.25) is 0 Å². The van der Waals surface area contributed by atoms with Gasteiger partial charge in [0.05, 0.1) is 0 Å². The molecule has 0 rings (SSSR count). The monoisotopic (exact) mass is 198 g/mol. The van der Waals surface area contributed by atoms with Gasteiger partial charge < -0.3 is 10.6 Å². The zero-order valence-corrected chi connectivity index (χ0v) is 9.31. The maximum absolute atomic E-state index is 11.0. The minimum Gasteiger partial charge on any atom is -0.353 e.